The van der Waals surface area contributed by atoms with Crippen molar-refractivity contribution < 1.29 is 0 Å². The Balaban J connectivity index is 2.23. The Bertz CT molecular complexity index is 604. The molecule has 0 aliphatic heterocycles. The number of aromatic nitrogens is 1. The fourth-order valence-electron chi connectivity index (χ4n) is 3.46. The number of alkyl halides is 1. The first-order valence-electron chi connectivity index (χ1n) is 7.10. The summed E-state index contributed by atoms with van der Waals surface area (Å²) >= 11 is 2.70. The molecule has 1 aliphatic carbocycles. The maximum atomic E-state index is 3.44. The highest BCUT2D eigenvalue weighted by Crippen LogP contribution is 2.49. The van der Waals surface area contributed by atoms with Crippen LogP contribution in [0.1, 0.15) is 31.4 Å². The third-order valence-electron chi connectivity index (χ3n) is 4.72. The van der Waals surface area contributed by atoms with E-state index in [9.17, 15) is 0 Å². The topological polar surface area (TPSA) is 19.0 Å². The summed E-state index contributed by atoms with van der Waals surface area (Å²) in [5, 5.41) is 1.47. The molecule has 0 saturated heterocycles. The van der Waals surface area contributed by atoms with Gasteiger partial charge in [0.25, 0.3) is 0 Å². The van der Waals surface area contributed by atoms with Crippen molar-refractivity contribution in [3.05, 3.63) is 35.5 Å². The highest BCUT2D eigenvalue weighted by molar-refractivity contribution is 14.1. The Labute approximate surface area is 128 Å². The van der Waals surface area contributed by atoms with E-state index in [1.165, 1.54) is 28.5 Å². The van der Waals surface area contributed by atoms with Crippen molar-refractivity contribution in [3.8, 4) is 0 Å². The molecule has 102 valence electrons. The van der Waals surface area contributed by atoms with Gasteiger partial charge in [0.05, 0.1) is 3.42 Å². The van der Waals surface area contributed by atoms with Crippen LogP contribution in [0.4, 0.5) is 0 Å². The van der Waals surface area contributed by atoms with Gasteiger partial charge in [0, 0.05) is 23.1 Å². The van der Waals surface area contributed by atoms with Gasteiger partial charge in [0.2, 0.25) is 0 Å². The van der Waals surface area contributed by atoms with Crippen LogP contribution in [0.25, 0.3) is 10.9 Å². The minimum absolute atomic E-state index is 0.219. The number of halogens is 1. The molecule has 2 aromatic rings. The van der Waals surface area contributed by atoms with Crippen LogP contribution in [0.5, 0.6) is 0 Å². The molecule has 1 N–H and O–H groups in total. The van der Waals surface area contributed by atoms with Crippen LogP contribution in [0.2, 0.25) is 0 Å². The average molecular weight is 368 g/mol. The number of nitrogens with one attached hydrogen (secondary N) is 1. The fourth-order valence-corrected chi connectivity index (χ4v) is 4.61. The second kappa shape index (κ2) is 4.77. The van der Waals surface area contributed by atoms with Gasteiger partial charge in [-0.15, -0.1) is 0 Å². The third-order valence-corrected chi connectivity index (χ3v) is 6.78. The Morgan fingerprint density at radius 1 is 1.42 bits per heavy atom. The van der Waals surface area contributed by atoms with Crippen LogP contribution in [-0.2, 0) is 9.84 Å². The van der Waals surface area contributed by atoms with Gasteiger partial charge in [-0.1, -0.05) is 48.6 Å². The van der Waals surface area contributed by atoms with E-state index in [1.807, 2.05) is 0 Å². The van der Waals surface area contributed by atoms with Crippen molar-refractivity contribution in [2.24, 2.45) is 0 Å². The van der Waals surface area contributed by atoms with E-state index in [2.05, 4.69) is 77.8 Å². The lowest BCUT2D eigenvalue weighted by molar-refractivity contribution is 0.203. The van der Waals surface area contributed by atoms with Gasteiger partial charge in [-0.3, -0.25) is 0 Å². The Morgan fingerprint density at radius 3 is 2.89 bits per heavy atom. The number of H-pyrrole nitrogens is 1. The zero-order chi connectivity index (χ0) is 13.6. The maximum absolute atomic E-state index is 3.44. The number of aromatic amines is 1. The SMILES string of the molecule is CCN(C)[C@@H]1Cc2c[nH]c3cccc(c23)C1(I)CC. The number of hydrogen-bond donors (Lipinski definition) is 1. The molecule has 1 aromatic heterocycles. The van der Waals surface area contributed by atoms with Gasteiger partial charge in [-0.25, -0.2) is 0 Å². The van der Waals surface area contributed by atoms with Gasteiger partial charge < -0.3 is 9.88 Å². The van der Waals surface area contributed by atoms with E-state index in [0.717, 1.165) is 13.0 Å². The molecule has 1 aliphatic rings. The van der Waals surface area contributed by atoms with Crippen molar-refractivity contribution in [3.63, 3.8) is 0 Å². The molecule has 0 fully saturated rings. The normalized spacial score (nSPS) is 26.3. The molecule has 3 rings (SSSR count). The van der Waals surface area contributed by atoms with Crippen molar-refractivity contribution >= 4 is 33.5 Å². The predicted octanol–water partition coefficient (Wildman–Crippen LogP) is 4.08. The monoisotopic (exact) mass is 368 g/mol. The van der Waals surface area contributed by atoms with Crippen molar-refractivity contribution in [1.82, 2.24) is 9.88 Å². The third kappa shape index (κ3) is 1.85. The summed E-state index contributed by atoms with van der Waals surface area (Å²) in [5.74, 6) is 0. The minimum atomic E-state index is 0.219. The smallest absolute Gasteiger partial charge is 0.0632 e. The quantitative estimate of drug-likeness (QED) is 0.639. The second-order valence-corrected chi connectivity index (χ2v) is 7.48. The second-order valence-electron chi connectivity index (χ2n) is 5.55. The summed E-state index contributed by atoms with van der Waals surface area (Å²) in [4.78, 5) is 5.94. The Kier molecular flexibility index (Phi) is 3.38. The molecule has 1 aromatic carbocycles. The summed E-state index contributed by atoms with van der Waals surface area (Å²) in [6.07, 6.45) is 4.53. The van der Waals surface area contributed by atoms with E-state index >= 15 is 0 Å². The average Bonchev–Trinajstić information content (AvgIpc) is 2.86. The zero-order valence-corrected chi connectivity index (χ0v) is 14.0. The number of rotatable bonds is 3. The Morgan fingerprint density at radius 2 is 2.21 bits per heavy atom. The first kappa shape index (κ1) is 13.4. The Hall–Kier alpha value is -0.550. The van der Waals surface area contributed by atoms with E-state index in [4.69, 9.17) is 0 Å². The molecule has 1 heterocycles. The van der Waals surface area contributed by atoms with E-state index < -0.39 is 0 Å². The maximum Gasteiger partial charge on any atom is 0.0632 e. The van der Waals surface area contributed by atoms with Crippen molar-refractivity contribution in [1.29, 1.82) is 0 Å². The summed E-state index contributed by atoms with van der Waals surface area (Å²) in [6, 6.07) is 7.29. The molecule has 2 atom stereocenters. The molecule has 19 heavy (non-hydrogen) atoms. The molecule has 0 bridgehead atoms. The van der Waals surface area contributed by atoms with Gasteiger partial charge in [0.15, 0.2) is 0 Å². The van der Waals surface area contributed by atoms with Crippen LogP contribution in [0, 0.1) is 0 Å². The zero-order valence-electron chi connectivity index (χ0n) is 11.8. The lowest BCUT2D eigenvalue weighted by Gasteiger charge is -2.44. The first-order valence-corrected chi connectivity index (χ1v) is 8.18. The first-order chi connectivity index (χ1) is 9.11. The van der Waals surface area contributed by atoms with E-state index in [-0.39, 0.29) is 3.42 Å². The minimum Gasteiger partial charge on any atom is -0.361 e. The lowest BCUT2D eigenvalue weighted by atomic mass is 9.78. The predicted molar refractivity (Wildman–Crippen MR) is 90.1 cm³/mol. The number of hydrogen-bond acceptors (Lipinski definition) is 1. The van der Waals surface area contributed by atoms with Crippen LogP contribution >= 0.6 is 22.6 Å². The van der Waals surface area contributed by atoms with E-state index in [0.29, 0.717) is 6.04 Å². The largest absolute Gasteiger partial charge is 0.361 e. The van der Waals surface area contributed by atoms with Gasteiger partial charge in [-0.05, 0) is 43.6 Å². The van der Waals surface area contributed by atoms with Gasteiger partial charge >= 0.3 is 0 Å². The molecule has 2 nitrogen and oxygen atoms in total. The summed E-state index contributed by atoms with van der Waals surface area (Å²) in [6.45, 7) is 5.67. The summed E-state index contributed by atoms with van der Waals surface area (Å²) in [7, 11) is 2.26. The molecule has 1 unspecified atom stereocenters. The number of likely N-dealkylation sites (N-methyl/N-ethyl adjacent to an activating group) is 1. The standard InChI is InChI=1S/C16H21IN2/c1-4-16(17)12-7-6-8-13-15(12)11(10-18-13)9-14(16)19(3)5-2/h6-8,10,14,18H,4-5,9H2,1-3H3/t14-,16?/m1/s1. The number of nitrogens with zero attached hydrogens (tertiary/aromatic N) is 1. The fraction of sp³-hybridized carbons (Fsp3) is 0.500. The summed E-state index contributed by atoms with van der Waals surface area (Å²) < 4.78 is 0.219. The van der Waals surface area contributed by atoms with Crippen LogP contribution < -0.4 is 0 Å². The number of benzene rings is 1. The van der Waals surface area contributed by atoms with Crippen LogP contribution in [0.3, 0.4) is 0 Å². The van der Waals surface area contributed by atoms with Gasteiger partial charge in [0.1, 0.15) is 0 Å². The highest BCUT2D eigenvalue weighted by Gasteiger charge is 2.43. The van der Waals surface area contributed by atoms with Crippen molar-refractivity contribution in [2.75, 3.05) is 13.6 Å². The molecule has 0 amide bonds. The molecular weight excluding hydrogens is 347 g/mol. The molecule has 0 radical (unpaired) electrons. The molecule has 3 heteroatoms. The molecule has 0 spiro atoms. The van der Waals surface area contributed by atoms with Gasteiger partial charge in [-0.2, -0.15) is 0 Å². The summed E-state index contributed by atoms with van der Waals surface area (Å²) in [5.41, 5.74) is 4.29. The van der Waals surface area contributed by atoms with Crippen molar-refractivity contribution in [2.45, 2.75) is 36.2 Å². The van der Waals surface area contributed by atoms with Crippen LogP contribution in [-0.4, -0.2) is 29.5 Å². The van der Waals surface area contributed by atoms with E-state index in [1.54, 1.807) is 0 Å². The lowest BCUT2D eigenvalue weighted by Crippen LogP contribution is -2.48. The molecule has 0 saturated carbocycles. The highest BCUT2D eigenvalue weighted by atomic mass is 127. The molecular formula is C16H21IN2. The van der Waals surface area contributed by atoms with Crippen LogP contribution in [0.15, 0.2) is 24.4 Å².